The second-order valence-corrected chi connectivity index (χ2v) is 11.7. The topological polar surface area (TPSA) is 185 Å². The third-order valence-electron chi connectivity index (χ3n) is 5.51. The lowest BCUT2D eigenvalue weighted by atomic mass is 10.2. The first kappa shape index (κ1) is 31.4. The summed E-state index contributed by atoms with van der Waals surface area (Å²) in [5.41, 5.74) is 0.747. The number of rotatable bonds is 10. The molecule has 0 aliphatic heterocycles. The Morgan fingerprint density at radius 3 is 1.05 bits per heavy atom. The van der Waals surface area contributed by atoms with Gasteiger partial charge in [-0.05, 0) is 97.1 Å². The van der Waals surface area contributed by atoms with E-state index in [0.717, 1.165) is 0 Å². The van der Waals surface area contributed by atoms with Gasteiger partial charge in [0, 0.05) is 11.4 Å². The Hall–Kier alpha value is -5.08. The smallest absolute Gasteiger partial charge is 0.335 e. The molecule has 4 aromatic rings. The predicted molar refractivity (Wildman–Crippen MR) is 154 cm³/mol. The fraction of sp³-hybridized carbons (Fsp3) is 0.0714. The van der Waals surface area contributed by atoms with Gasteiger partial charge in [0.1, 0.15) is 11.5 Å². The summed E-state index contributed by atoms with van der Waals surface area (Å²) in [6.45, 7) is 0. The van der Waals surface area contributed by atoms with Gasteiger partial charge in [0.2, 0.25) is 0 Å². The van der Waals surface area contributed by atoms with Gasteiger partial charge >= 0.3 is 11.9 Å². The molecule has 12 nitrogen and oxygen atoms in total. The largest absolute Gasteiger partial charge is 0.497 e. The molecule has 0 heterocycles. The SMILES string of the molecule is COc1ccc(S(=O)(=O)Nc2ccc(C(=O)O)cc2)cc1.COc1ccc(S(=O)(=O)Nc2ccc(C(=O)O)cc2)cc1. The summed E-state index contributed by atoms with van der Waals surface area (Å²) in [5, 5.41) is 17.6. The Labute approximate surface area is 242 Å². The molecule has 220 valence electrons. The highest BCUT2D eigenvalue weighted by atomic mass is 32.2. The van der Waals surface area contributed by atoms with Crippen LogP contribution in [0.1, 0.15) is 20.7 Å². The molecule has 0 fully saturated rings. The number of nitrogens with one attached hydrogen (secondary N) is 2. The van der Waals surface area contributed by atoms with Crippen molar-refractivity contribution in [2.45, 2.75) is 9.79 Å². The van der Waals surface area contributed by atoms with Crippen molar-refractivity contribution >= 4 is 43.4 Å². The van der Waals surface area contributed by atoms with Crippen LogP contribution in [0.15, 0.2) is 107 Å². The summed E-state index contributed by atoms with van der Waals surface area (Å²) in [6, 6.07) is 22.8. The fourth-order valence-electron chi connectivity index (χ4n) is 3.30. The Balaban J connectivity index is 0.000000230. The third kappa shape index (κ3) is 8.46. The Bertz CT molecular complexity index is 1600. The van der Waals surface area contributed by atoms with Crippen molar-refractivity contribution in [1.29, 1.82) is 0 Å². The lowest BCUT2D eigenvalue weighted by molar-refractivity contribution is 0.0686. The number of carboxylic acids is 2. The number of anilines is 2. The Morgan fingerprint density at radius 1 is 0.524 bits per heavy atom. The van der Waals surface area contributed by atoms with Gasteiger partial charge in [-0.1, -0.05) is 0 Å². The maximum absolute atomic E-state index is 12.2. The van der Waals surface area contributed by atoms with Crippen molar-refractivity contribution in [3.8, 4) is 11.5 Å². The second-order valence-electron chi connectivity index (χ2n) is 8.33. The average molecular weight is 615 g/mol. The Morgan fingerprint density at radius 2 is 0.810 bits per heavy atom. The molecule has 0 bridgehead atoms. The van der Waals surface area contributed by atoms with E-state index in [1.54, 1.807) is 24.3 Å². The summed E-state index contributed by atoms with van der Waals surface area (Å²) in [4.78, 5) is 21.6. The van der Waals surface area contributed by atoms with E-state index in [4.69, 9.17) is 19.7 Å². The molecular formula is C28H26N2O10S2. The second kappa shape index (κ2) is 13.5. The van der Waals surface area contributed by atoms with Crippen LogP contribution in [0.25, 0.3) is 0 Å². The molecule has 0 aliphatic rings. The molecule has 0 aromatic heterocycles. The van der Waals surface area contributed by atoms with Crippen molar-refractivity contribution in [3.63, 3.8) is 0 Å². The molecule has 0 aliphatic carbocycles. The number of carboxylic acid groups (broad SMARTS) is 2. The van der Waals surface area contributed by atoms with E-state index in [-0.39, 0.29) is 32.3 Å². The van der Waals surface area contributed by atoms with E-state index in [9.17, 15) is 26.4 Å². The molecule has 0 unspecified atom stereocenters. The molecule has 4 aromatic carbocycles. The van der Waals surface area contributed by atoms with Crippen LogP contribution in [0.4, 0.5) is 11.4 Å². The number of aromatic carboxylic acids is 2. The zero-order valence-electron chi connectivity index (χ0n) is 22.2. The molecule has 0 radical (unpaired) electrons. The van der Waals surface area contributed by atoms with Crippen molar-refractivity contribution in [2.75, 3.05) is 23.7 Å². The maximum Gasteiger partial charge on any atom is 0.335 e. The van der Waals surface area contributed by atoms with Crippen molar-refractivity contribution in [1.82, 2.24) is 0 Å². The van der Waals surface area contributed by atoms with Gasteiger partial charge < -0.3 is 19.7 Å². The number of ether oxygens (including phenoxy) is 2. The van der Waals surface area contributed by atoms with Crippen LogP contribution in [0.2, 0.25) is 0 Å². The standard InChI is InChI=1S/2C14H13NO5S/c2*1-20-12-6-8-13(9-7-12)21(18,19)15-11-4-2-10(3-5-11)14(16)17/h2*2-9,15H,1H3,(H,16,17). The van der Waals surface area contributed by atoms with Gasteiger partial charge in [0.05, 0.1) is 35.1 Å². The van der Waals surface area contributed by atoms with E-state index in [0.29, 0.717) is 11.5 Å². The lowest BCUT2D eigenvalue weighted by Crippen LogP contribution is -2.13. The normalized spacial score (nSPS) is 10.9. The number of hydrogen-bond donors (Lipinski definition) is 4. The minimum Gasteiger partial charge on any atom is -0.497 e. The van der Waals surface area contributed by atoms with E-state index in [2.05, 4.69) is 9.44 Å². The van der Waals surface area contributed by atoms with E-state index in [1.807, 2.05) is 0 Å². The minimum atomic E-state index is -3.72. The summed E-state index contributed by atoms with van der Waals surface area (Å²) >= 11 is 0. The summed E-state index contributed by atoms with van der Waals surface area (Å²) in [7, 11) is -4.47. The zero-order chi connectivity index (χ0) is 30.9. The van der Waals surface area contributed by atoms with Crippen LogP contribution in [0, 0.1) is 0 Å². The fourth-order valence-corrected chi connectivity index (χ4v) is 5.42. The monoisotopic (exact) mass is 614 g/mol. The van der Waals surface area contributed by atoms with Crippen molar-refractivity contribution in [2.24, 2.45) is 0 Å². The van der Waals surface area contributed by atoms with Crippen LogP contribution in [-0.2, 0) is 20.0 Å². The number of sulfonamides is 2. The molecule has 4 N–H and O–H groups in total. The van der Waals surface area contributed by atoms with Crippen LogP contribution < -0.4 is 18.9 Å². The Kier molecular flexibility index (Phi) is 10.1. The molecule has 0 amide bonds. The lowest BCUT2D eigenvalue weighted by Gasteiger charge is -2.09. The summed E-state index contributed by atoms with van der Waals surface area (Å²) in [6.07, 6.45) is 0. The van der Waals surface area contributed by atoms with E-state index < -0.39 is 32.0 Å². The minimum absolute atomic E-state index is 0.0856. The number of benzene rings is 4. The first-order valence-corrected chi connectivity index (χ1v) is 14.8. The van der Waals surface area contributed by atoms with Gasteiger partial charge in [-0.25, -0.2) is 26.4 Å². The number of hydrogen-bond acceptors (Lipinski definition) is 8. The highest BCUT2D eigenvalue weighted by Gasteiger charge is 2.16. The van der Waals surface area contributed by atoms with Gasteiger partial charge in [0.15, 0.2) is 0 Å². The molecule has 42 heavy (non-hydrogen) atoms. The molecule has 0 atom stereocenters. The first-order chi connectivity index (χ1) is 19.8. The van der Waals surface area contributed by atoms with Gasteiger partial charge in [-0.2, -0.15) is 0 Å². The van der Waals surface area contributed by atoms with Gasteiger partial charge in [-0.3, -0.25) is 9.44 Å². The molecule has 4 rings (SSSR count). The summed E-state index contributed by atoms with van der Waals surface area (Å²) < 4.78 is 63.3. The van der Waals surface area contributed by atoms with Crippen LogP contribution >= 0.6 is 0 Å². The predicted octanol–water partition coefficient (Wildman–Crippen LogP) is 4.39. The van der Waals surface area contributed by atoms with Crippen molar-refractivity contribution in [3.05, 3.63) is 108 Å². The van der Waals surface area contributed by atoms with Gasteiger partial charge in [0.25, 0.3) is 20.0 Å². The van der Waals surface area contributed by atoms with E-state index >= 15 is 0 Å². The van der Waals surface area contributed by atoms with Crippen LogP contribution in [0.5, 0.6) is 11.5 Å². The highest BCUT2D eigenvalue weighted by molar-refractivity contribution is 7.93. The van der Waals surface area contributed by atoms with E-state index in [1.165, 1.54) is 87.0 Å². The molecule has 0 saturated heterocycles. The van der Waals surface area contributed by atoms with Crippen LogP contribution in [-0.4, -0.2) is 53.2 Å². The molecule has 0 spiro atoms. The third-order valence-corrected chi connectivity index (χ3v) is 8.30. The number of carbonyl (C=O) groups is 2. The zero-order valence-corrected chi connectivity index (χ0v) is 23.8. The highest BCUT2D eigenvalue weighted by Crippen LogP contribution is 2.21. The maximum atomic E-state index is 12.2. The quantitative estimate of drug-likeness (QED) is 0.200. The van der Waals surface area contributed by atoms with Crippen molar-refractivity contribution < 1.29 is 46.1 Å². The summed E-state index contributed by atoms with van der Waals surface area (Å²) in [5.74, 6) is -1.03. The van der Waals surface area contributed by atoms with Gasteiger partial charge in [-0.15, -0.1) is 0 Å². The first-order valence-electron chi connectivity index (χ1n) is 11.8. The average Bonchev–Trinajstić information content (AvgIpc) is 2.97. The number of methoxy groups -OCH3 is 2. The van der Waals surface area contributed by atoms with Crippen LogP contribution in [0.3, 0.4) is 0 Å². The molecule has 14 heteroatoms. The molecule has 0 saturated carbocycles. The molecular weight excluding hydrogens is 588 g/mol.